The second-order valence-electron chi connectivity index (χ2n) is 5.38. The largest absolute Gasteiger partial charge is 0.481 e. The topological polar surface area (TPSA) is 79.4 Å². The van der Waals surface area contributed by atoms with E-state index in [0.29, 0.717) is 18.1 Å². The number of fused-ring (bicyclic) bond motifs is 1. The van der Waals surface area contributed by atoms with Crippen LogP contribution in [0.4, 0.5) is 0 Å². The molecule has 4 aromatic heterocycles. The predicted molar refractivity (Wildman–Crippen MR) is 90.6 cm³/mol. The second kappa shape index (κ2) is 6.33. The summed E-state index contributed by atoms with van der Waals surface area (Å²) in [7, 11) is 3.24. The summed E-state index contributed by atoms with van der Waals surface area (Å²) in [6.45, 7) is 0.458. The van der Waals surface area contributed by atoms with Crippen molar-refractivity contribution in [2.45, 2.75) is 6.61 Å². The van der Waals surface area contributed by atoms with Gasteiger partial charge in [-0.1, -0.05) is 0 Å². The molecule has 4 aromatic rings. The van der Waals surface area contributed by atoms with Crippen LogP contribution in [0.15, 0.2) is 49.3 Å². The van der Waals surface area contributed by atoms with Crippen molar-refractivity contribution in [3.05, 3.63) is 55.0 Å². The van der Waals surface area contributed by atoms with E-state index in [1.54, 1.807) is 37.5 Å². The number of pyridine rings is 1. The normalized spacial score (nSPS) is 11.1. The van der Waals surface area contributed by atoms with E-state index in [4.69, 9.17) is 14.5 Å². The average molecular weight is 336 g/mol. The van der Waals surface area contributed by atoms with Gasteiger partial charge in [-0.25, -0.2) is 19.5 Å². The van der Waals surface area contributed by atoms with Crippen molar-refractivity contribution in [3.63, 3.8) is 0 Å². The maximum absolute atomic E-state index is 5.36. The van der Waals surface area contributed by atoms with E-state index in [1.165, 1.54) is 0 Å². The van der Waals surface area contributed by atoms with Crippen molar-refractivity contribution in [2.24, 2.45) is 0 Å². The molecular weight excluding hydrogens is 320 g/mol. The van der Waals surface area contributed by atoms with E-state index < -0.39 is 0 Å². The molecule has 0 fully saturated rings. The lowest BCUT2D eigenvalue weighted by atomic mass is 10.1. The Kier molecular flexibility index (Phi) is 3.87. The molecule has 0 bridgehead atoms. The molecule has 4 heterocycles. The summed E-state index contributed by atoms with van der Waals surface area (Å²) in [5.74, 6) is 1.28. The van der Waals surface area contributed by atoms with Gasteiger partial charge in [0.15, 0.2) is 5.65 Å². The highest BCUT2D eigenvalue weighted by atomic mass is 16.5. The molecule has 0 saturated carbocycles. The van der Waals surface area contributed by atoms with Gasteiger partial charge in [0.2, 0.25) is 5.88 Å². The Labute approximate surface area is 143 Å². The van der Waals surface area contributed by atoms with Crippen LogP contribution in [-0.2, 0) is 11.3 Å². The van der Waals surface area contributed by atoms with Crippen LogP contribution in [0.5, 0.6) is 5.88 Å². The van der Waals surface area contributed by atoms with Gasteiger partial charge in [-0.3, -0.25) is 4.57 Å². The monoisotopic (exact) mass is 336 g/mol. The molecule has 0 saturated heterocycles. The summed E-state index contributed by atoms with van der Waals surface area (Å²) < 4.78 is 14.0. The molecule has 0 aliphatic rings. The minimum absolute atomic E-state index is 0.458. The lowest BCUT2D eigenvalue weighted by Gasteiger charge is -2.06. The lowest BCUT2D eigenvalue weighted by Crippen LogP contribution is -1.99. The van der Waals surface area contributed by atoms with Crippen molar-refractivity contribution in [2.75, 3.05) is 14.2 Å². The van der Waals surface area contributed by atoms with Gasteiger partial charge in [0.05, 0.1) is 31.2 Å². The van der Waals surface area contributed by atoms with Gasteiger partial charge in [-0.15, -0.1) is 0 Å². The van der Waals surface area contributed by atoms with E-state index in [0.717, 1.165) is 22.6 Å². The SMILES string of the molecule is COCc1cn(-c2ccn3ncc(-c4cccnc4OC)c3n2)cn1. The number of aromatic nitrogens is 6. The van der Waals surface area contributed by atoms with Gasteiger partial charge >= 0.3 is 0 Å². The fourth-order valence-electron chi connectivity index (χ4n) is 2.66. The van der Waals surface area contributed by atoms with E-state index in [1.807, 2.05) is 35.2 Å². The van der Waals surface area contributed by atoms with E-state index in [9.17, 15) is 0 Å². The molecular formula is C17H16N6O2. The molecule has 8 nitrogen and oxygen atoms in total. The quantitative estimate of drug-likeness (QED) is 0.555. The Bertz CT molecular complexity index is 1020. The van der Waals surface area contributed by atoms with E-state index in [-0.39, 0.29) is 0 Å². The fraction of sp³-hybridized carbons (Fsp3) is 0.176. The summed E-state index contributed by atoms with van der Waals surface area (Å²) in [6.07, 6.45) is 8.92. The highest BCUT2D eigenvalue weighted by Gasteiger charge is 2.14. The number of hydrogen-bond donors (Lipinski definition) is 0. The highest BCUT2D eigenvalue weighted by Crippen LogP contribution is 2.30. The minimum atomic E-state index is 0.458. The Morgan fingerprint density at radius 1 is 1.12 bits per heavy atom. The number of imidazole rings is 1. The second-order valence-corrected chi connectivity index (χ2v) is 5.38. The molecule has 0 radical (unpaired) electrons. The zero-order valence-corrected chi connectivity index (χ0v) is 13.8. The van der Waals surface area contributed by atoms with Gasteiger partial charge < -0.3 is 9.47 Å². The summed E-state index contributed by atoms with van der Waals surface area (Å²) in [5.41, 5.74) is 3.25. The van der Waals surface area contributed by atoms with Crippen LogP contribution in [0.3, 0.4) is 0 Å². The number of methoxy groups -OCH3 is 2. The minimum Gasteiger partial charge on any atom is -0.481 e. The molecule has 8 heteroatoms. The molecule has 4 rings (SSSR count). The van der Waals surface area contributed by atoms with Crippen LogP contribution in [0.25, 0.3) is 22.6 Å². The maximum Gasteiger partial charge on any atom is 0.221 e. The Balaban J connectivity index is 1.82. The third-order valence-corrected chi connectivity index (χ3v) is 3.80. The van der Waals surface area contributed by atoms with Crippen LogP contribution in [0, 0.1) is 0 Å². The van der Waals surface area contributed by atoms with Crippen LogP contribution < -0.4 is 4.74 Å². The van der Waals surface area contributed by atoms with Gasteiger partial charge in [-0.2, -0.15) is 5.10 Å². The summed E-state index contributed by atoms with van der Waals surface area (Å²) >= 11 is 0. The smallest absolute Gasteiger partial charge is 0.221 e. The van der Waals surface area contributed by atoms with Gasteiger partial charge in [0, 0.05) is 31.3 Å². The molecule has 0 unspecified atom stereocenters. The molecule has 0 atom stereocenters. The molecule has 0 N–H and O–H groups in total. The summed E-state index contributed by atoms with van der Waals surface area (Å²) in [5, 5.41) is 4.37. The first kappa shape index (κ1) is 15.3. The van der Waals surface area contributed by atoms with E-state index >= 15 is 0 Å². The van der Waals surface area contributed by atoms with Crippen molar-refractivity contribution < 1.29 is 9.47 Å². The predicted octanol–water partition coefficient (Wildman–Crippen LogP) is 2.13. The standard InChI is InChI=1S/C17H16N6O2/c1-24-10-12-9-22(11-19-12)15-5-7-23-16(21-15)14(8-20-23)13-4-3-6-18-17(13)25-2/h3-9,11H,10H2,1-2H3. The zero-order chi connectivity index (χ0) is 17.2. The van der Waals surface area contributed by atoms with Crippen LogP contribution >= 0.6 is 0 Å². The molecule has 0 amide bonds. The number of rotatable bonds is 5. The zero-order valence-electron chi connectivity index (χ0n) is 13.8. The first-order chi connectivity index (χ1) is 12.3. The Morgan fingerprint density at radius 3 is 2.88 bits per heavy atom. The van der Waals surface area contributed by atoms with Crippen molar-refractivity contribution >= 4 is 5.65 Å². The molecule has 0 aliphatic heterocycles. The van der Waals surface area contributed by atoms with E-state index in [2.05, 4.69) is 15.1 Å². The molecule has 0 aliphatic carbocycles. The summed E-state index contributed by atoms with van der Waals surface area (Å²) in [6, 6.07) is 5.67. The number of nitrogens with zero attached hydrogens (tertiary/aromatic N) is 6. The average Bonchev–Trinajstić information content (AvgIpc) is 3.28. The maximum atomic E-state index is 5.36. The Hall–Kier alpha value is -3.26. The third-order valence-electron chi connectivity index (χ3n) is 3.80. The first-order valence-corrected chi connectivity index (χ1v) is 7.66. The number of ether oxygens (including phenoxy) is 2. The van der Waals surface area contributed by atoms with Crippen LogP contribution in [0.1, 0.15) is 5.69 Å². The highest BCUT2D eigenvalue weighted by molar-refractivity contribution is 5.80. The van der Waals surface area contributed by atoms with Gasteiger partial charge in [0.25, 0.3) is 0 Å². The van der Waals surface area contributed by atoms with Crippen molar-refractivity contribution in [1.82, 2.24) is 29.1 Å². The van der Waals surface area contributed by atoms with Gasteiger partial charge in [0.1, 0.15) is 12.1 Å². The molecule has 0 aromatic carbocycles. The Morgan fingerprint density at radius 2 is 2.04 bits per heavy atom. The fourth-order valence-corrected chi connectivity index (χ4v) is 2.66. The van der Waals surface area contributed by atoms with Crippen molar-refractivity contribution in [3.8, 4) is 22.8 Å². The summed E-state index contributed by atoms with van der Waals surface area (Å²) in [4.78, 5) is 13.3. The third kappa shape index (κ3) is 2.72. The lowest BCUT2D eigenvalue weighted by molar-refractivity contribution is 0.182. The van der Waals surface area contributed by atoms with Crippen LogP contribution in [0.2, 0.25) is 0 Å². The molecule has 25 heavy (non-hydrogen) atoms. The molecule has 126 valence electrons. The number of hydrogen-bond acceptors (Lipinski definition) is 6. The van der Waals surface area contributed by atoms with Crippen molar-refractivity contribution in [1.29, 1.82) is 0 Å². The van der Waals surface area contributed by atoms with Gasteiger partial charge in [-0.05, 0) is 18.2 Å². The van der Waals surface area contributed by atoms with Crippen LogP contribution in [-0.4, -0.2) is 43.4 Å². The first-order valence-electron chi connectivity index (χ1n) is 7.66. The molecule has 0 spiro atoms.